The van der Waals surface area contributed by atoms with Crippen LogP contribution in [-0.2, 0) is 16.0 Å². The standard InChI is InChI=1S/C15H20O2/c1-17-14(16)12-15(9-5-6-10-15)11-13-7-3-2-4-8-13/h2-4,7-8H,5-6,9-12H2,1H3. The summed E-state index contributed by atoms with van der Waals surface area (Å²) in [6, 6.07) is 10.5. The van der Waals surface area contributed by atoms with Gasteiger partial charge < -0.3 is 4.74 Å². The fourth-order valence-corrected chi connectivity index (χ4v) is 2.95. The highest BCUT2D eigenvalue weighted by Gasteiger charge is 2.36. The van der Waals surface area contributed by atoms with E-state index in [4.69, 9.17) is 4.74 Å². The van der Waals surface area contributed by atoms with Crippen molar-refractivity contribution in [1.29, 1.82) is 0 Å². The van der Waals surface area contributed by atoms with E-state index in [0.717, 1.165) is 19.3 Å². The van der Waals surface area contributed by atoms with Crippen molar-refractivity contribution < 1.29 is 9.53 Å². The molecule has 0 unspecified atom stereocenters. The quantitative estimate of drug-likeness (QED) is 0.744. The molecule has 1 aliphatic carbocycles. The van der Waals surface area contributed by atoms with Gasteiger partial charge in [0.1, 0.15) is 0 Å². The normalized spacial score (nSPS) is 17.9. The highest BCUT2D eigenvalue weighted by molar-refractivity contribution is 5.70. The highest BCUT2D eigenvalue weighted by atomic mass is 16.5. The van der Waals surface area contributed by atoms with Gasteiger partial charge in [-0.1, -0.05) is 43.2 Å². The van der Waals surface area contributed by atoms with Gasteiger partial charge in [0.15, 0.2) is 0 Å². The predicted octanol–water partition coefficient (Wildman–Crippen LogP) is 3.35. The average Bonchev–Trinajstić information content (AvgIpc) is 2.78. The monoisotopic (exact) mass is 232 g/mol. The van der Waals surface area contributed by atoms with Gasteiger partial charge in [0.2, 0.25) is 0 Å². The molecule has 17 heavy (non-hydrogen) atoms. The molecule has 2 nitrogen and oxygen atoms in total. The van der Waals surface area contributed by atoms with E-state index in [0.29, 0.717) is 6.42 Å². The van der Waals surface area contributed by atoms with Crippen molar-refractivity contribution in [2.75, 3.05) is 7.11 Å². The fourth-order valence-electron chi connectivity index (χ4n) is 2.95. The summed E-state index contributed by atoms with van der Waals surface area (Å²) in [6.45, 7) is 0. The van der Waals surface area contributed by atoms with Crippen LogP contribution in [0.15, 0.2) is 30.3 Å². The number of rotatable bonds is 4. The maximum absolute atomic E-state index is 11.5. The molecule has 0 heterocycles. The van der Waals surface area contributed by atoms with Gasteiger partial charge in [-0.3, -0.25) is 4.79 Å². The first-order valence-corrected chi connectivity index (χ1v) is 6.35. The Morgan fingerprint density at radius 3 is 2.47 bits per heavy atom. The first kappa shape index (κ1) is 12.2. The molecule has 0 N–H and O–H groups in total. The Kier molecular flexibility index (Phi) is 3.82. The maximum atomic E-state index is 11.5. The first-order valence-electron chi connectivity index (χ1n) is 6.35. The smallest absolute Gasteiger partial charge is 0.306 e. The molecule has 0 aromatic heterocycles. The molecule has 0 amide bonds. The molecule has 92 valence electrons. The molecule has 2 rings (SSSR count). The number of methoxy groups -OCH3 is 1. The molecule has 0 atom stereocenters. The third kappa shape index (κ3) is 3.09. The third-order valence-electron chi connectivity index (χ3n) is 3.83. The zero-order chi connectivity index (χ0) is 12.1. The van der Waals surface area contributed by atoms with E-state index in [-0.39, 0.29) is 11.4 Å². The van der Waals surface area contributed by atoms with E-state index in [1.165, 1.54) is 25.5 Å². The van der Waals surface area contributed by atoms with Gasteiger partial charge in [0.25, 0.3) is 0 Å². The third-order valence-corrected chi connectivity index (χ3v) is 3.83. The Bertz CT molecular complexity index is 364. The molecule has 1 saturated carbocycles. The lowest BCUT2D eigenvalue weighted by Gasteiger charge is -2.27. The van der Waals surface area contributed by atoms with Crippen LogP contribution in [0.2, 0.25) is 0 Å². The summed E-state index contributed by atoms with van der Waals surface area (Å²) < 4.78 is 4.84. The van der Waals surface area contributed by atoms with Crippen LogP contribution in [0.1, 0.15) is 37.7 Å². The number of ether oxygens (including phenoxy) is 1. The van der Waals surface area contributed by atoms with E-state index in [1.807, 2.05) is 6.07 Å². The number of hydrogen-bond acceptors (Lipinski definition) is 2. The maximum Gasteiger partial charge on any atom is 0.306 e. The van der Waals surface area contributed by atoms with Crippen LogP contribution in [0.5, 0.6) is 0 Å². The lowest BCUT2D eigenvalue weighted by atomic mass is 9.77. The Morgan fingerprint density at radius 1 is 1.24 bits per heavy atom. The van der Waals surface area contributed by atoms with Gasteiger partial charge in [-0.2, -0.15) is 0 Å². The Balaban J connectivity index is 2.09. The fraction of sp³-hybridized carbons (Fsp3) is 0.533. The second kappa shape index (κ2) is 5.35. The molecule has 0 saturated heterocycles. The second-order valence-corrected chi connectivity index (χ2v) is 5.12. The molecular weight excluding hydrogens is 212 g/mol. The predicted molar refractivity (Wildman–Crippen MR) is 67.7 cm³/mol. The van der Waals surface area contributed by atoms with Crippen molar-refractivity contribution in [3.8, 4) is 0 Å². The van der Waals surface area contributed by atoms with Crippen LogP contribution >= 0.6 is 0 Å². The van der Waals surface area contributed by atoms with Crippen LogP contribution < -0.4 is 0 Å². The summed E-state index contributed by atoms with van der Waals surface area (Å²) in [5.41, 5.74) is 1.48. The SMILES string of the molecule is COC(=O)CC1(Cc2ccccc2)CCCC1. The number of hydrogen-bond donors (Lipinski definition) is 0. The zero-order valence-electron chi connectivity index (χ0n) is 10.4. The van der Waals surface area contributed by atoms with Gasteiger partial charge in [-0.15, -0.1) is 0 Å². The second-order valence-electron chi connectivity index (χ2n) is 5.12. The van der Waals surface area contributed by atoms with Gasteiger partial charge >= 0.3 is 5.97 Å². The summed E-state index contributed by atoms with van der Waals surface area (Å²) in [7, 11) is 1.48. The summed E-state index contributed by atoms with van der Waals surface area (Å²) in [6.07, 6.45) is 6.35. The molecular formula is C15H20O2. The van der Waals surface area contributed by atoms with Crippen molar-refractivity contribution in [2.45, 2.75) is 38.5 Å². The summed E-state index contributed by atoms with van der Waals surface area (Å²) >= 11 is 0. The Labute approximate surface area is 103 Å². The van der Waals surface area contributed by atoms with E-state index >= 15 is 0 Å². The zero-order valence-corrected chi connectivity index (χ0v) is 10.4. The lowest BCUT2D eigenvalue weighted by molar-refractivity contribution is -0.143. The van der Waals surface area contributed by atoms with Crippen LogP contribution in [-0.4, -0.2) is 13.1 Å². The highest BCUT2D eigenvalue weighted by Crippen LogP contribution is 2.43. The summed E-state index contributed by atoms with van der Waals surface area (Å²) in [5.74, 6) is -0.0668. The minimum atomic E-state index is -0.0668. The summed E-state index contributed by atoms with van der Waals surface area (Å²) in [5, 5.41) is 0. The topological polar surface area (TPSA) is 26.3 Å². The van der Waals surface area contributed by atoms with E-state index < -0.39 is 0 Å². The average molecular weight is 232 g/mol. The summed E-state index contributed by atoms with van der Waals surface area (Å²) in [4.78, 5) is 11.5. The van der Waals surface area contributed by atoms with E-state index in [1.54, 1.807) is 0 Å². The van der Waals surface area contributed by atoms with E-state index in [2.05, 4.69) is 24.3 Å². The molecule has 1 aliphatic rings. The van der Waals surface area contributed by atoms with E-state index in [9.17, 15) is 4.79 Å². The van der Waals surface area contributed by atoms with Crippen LogP contribution in [0.25, 0.3) is 0 Å². The molecule has 1 aromatic rings. The minimum absolute atomic E-state index is 0.0668. The first-order chi connectivity index (χ1) is 8.24. The molecule has 0 aliphatic heterocycles. The number of carbonyl (C=O) groups excluding carboxylic acids is 1. The van der Waals surface area contributed by atoms with Crippen molar-refractivity contribution in [1.82, 2.24) is 0 Å². The van der Waals surface area contributed by atoms with Crippen molar-refractivity contribution in [2.24, 2.45) is 5.41 Å². The number of carbonyl (C=O) groups is 1. The Hall–Kier alpha value is -1.31. The minimum Gasteiger partial charge on any atom is -0.469 e. The Morgan fingerprint density at radius 2 is 1.88 bits per heavy atom. The number of benzene rings is 1. The lowest BCUT2D eigenvalue weighted by Crippen LogP contribution is -2.24. The largest absolute Gasteiger partial charge is 0.469 e. The van der Waals surface area contributed by atoms with Gasteiger partial charge in [-0.05, 0) is 30.2 Å². The van der Waals surface area contributed by atoms with Crippen molar-refractivity contribution in [3.05, 3.63) is 35.9 Å². The molecule has 2 heteroatoms. The molecule has 0 bridgehead atoms. The molecule has 1 fully saturated rings. The van der Waals surface area contributed by atoms with Gasteiger partial charge in [0.05, 0.1) is 13.5 Å². The van der Waals surface area contributed by atoms with Gasteiger partial charge in [-0.25, -0.2) is 0 Å². The molecule has 1 aromatic carbocycles. The van der Waals surface area contributed by atoms with Gasteiger partial charge in [0, 0.05) is 0 Å². The molecule has 0 spiro atoms. The van der Waals surface area contributed by atoms with Crippen LogP contribution in [0, 0.1) is 5.41 Å². The van der Waals surface area contributed by atoms with Crippen LogP contribution in [0.3, 0.4) is 0 Å². The van der Waals surface area contributed by atoms with Crippen molar-refractivity contribution in [3.63, 3.8) is 0 Å². The number of esters is 1. The molecule has 0 radical (unpaired) electrons. The van der Waals surface area contributed by atoms with Crippen LogP contribution in [0.4, 0.5) is 0 Å². The van der Waals surface area contributed by atoms with Crippen molar-refractivity contribution >= 4 is 5.97 Å².